The summed E-state index contributed by atoms with van der Waals surface area (Å²) in [5.74, 6) is 1.76. The van der Waals surface area contributed by atoms with Crippen LogP contribution in [0.3, 0.4) is 0 Å². The van der Waals surface area contributed by atoms with Crippen LogP contribution in [0, 0.1) is 4.77 Å². The van der Waals surface area contributed by atoms with Gasteiger partial charge in [0.2, 0.25) is 4.77 Å². The normalized spacial score (nSPS) is 11.2. The van der Waals surface area contributed by atoms with E-state index in [1.807, 2.05) is 24.3 Å². The lowest BCUT2D eigenvalue weighted by molar-refractivity contribution is 0.309. The zero-order valence-corrected chi connectivity index (χ0v) is 14.6. The summed E-state index contributed by atoms with van der Waals surface area (Å²) in [5, 5.41) is 11.5. The summed E-state index contributed by atoms with van der Waals surface area (Å²) in [6, 6.07) is 7.90. The molecule has 2 aromatic rings. The molecular formula is C17H24N4OS. The Morgan fingerprint density at radius 1 is 1.22 bits per heavy atom. The average molecular weight is 332 g/mol. The molecule has 0 radical (unpaired) electrons. The van der Waals surface area contributed by atoms with E-state index < -0.39 is 0 Å². The molecule has 0 unspecified atom stereocenters. The number of H-pyrrole nitrogens is 1. The van der Waals surface area contributed by atoms with E-state index in [1.165, 1.54) is 0 Å². The summed E-state index contributed by atoms with van der Waals surface area (Å²) < 4.78 is 7.86. The highest BCUT2D eigenvalue weighted by molar-refractivity contribution is 7.71. The Kier molecular flexibility index (Phi) is 7.00. The number of benzene rings is 1. The maximum Gasteiger partial charge on any atom is 0.216 e. The van der Waals surface area contributed by atoms with Crippen molar-refractivity contribution in [1.82, 2.24) is 14.9 Å². The van der Waals surface area contributed by atoms with E-state index in [0.29, 0.717) is 4.77 Å². The second kappa shape index (κ2) is 9.25. The summed E-state index contributed by atoms with van der Waals surface area (Å²) in [6.45, 7) is 5.06. The van der Waals surface area contributed by atoms with Gasteiger partial charge in [-0.15, -0.1) is 0 Å². The first-order valence-electron chi connectivity index (χ1n) is 8.18. The van der Waals surface area contributed by atoms with Crippen molar-refractivity contribution in [3.05, 3.63) is 40.4 Å². The molecule has 0 fully saturated rings. The molecule has 0 aliphatic rings. The summed E-state index contributed by atoms with van der Waals surface area (Å²) in [7, 11) is 0. The number of nitrogens with one attached hydrogen (secondary N) is 1. The van der Waals surface area contributed by atoms with Crippen molar-refractivity contribution in [2.24, 2.45) is 5.10 Å². The number of unbranched alkanes of at least 4 members (excludes halogenated alkanes) is 2. The van der Waals surface area contributed by atoms with Gasteiger partial charge >= 0.3 is 0 Å². The maximum atomic E-state index is 5.65. The highest BCUT2D eigenvalue weighted by Crippen LogP contribution is 2.12. The molecular weight excluding hydrogens is 308 g/mol. The van der Waals surface area contributed by atoms with Gasteiger partial charge in [0.25, 0.3) is 0 Å². The molecule has 2 rings (SSSR count). The fourth-order valence-electron chi connectivity index (χ4n) is 2.05. The van der Waals surface area contributed by atoms with Crippen LogP contribution in [-0.4, -0.2) is 27.7 Å². The van der Waals surface area contributed by atoms with Crippen molar-refractivity contribution in [1.29, 1.82) is 0 Å². The predicted octanol–water partition coefficient (Wildman–Crippen LogP) is 4.34. The van der Waals surface area contributed by atoms with Crippen molar-refractivity contribution in [3.8, 4) is 5.75 Å². The Balaban J connectivity index is 2.02. The SMILES string of the molecule is CCCCOc1ccc(/C=N\n2c(CCCC)n[nH]c2=S)cc1. The number of hydrogen-bond donors (Lipinski definition) is 1. The van der Waals surface area contributed by atoms with Gasteiger partial charge in [-0.05, 0) is 54.9 Å². The van der Waals surface area contributed by atoms with E-state index in [-0.39, 0.29) is 0 Å². The molecule has 6 heteroatoms. The van der Waals surface area contributed by atoms with Crippen LogP contribution in [0.1, 0.15) is 50.9 Å². The van der Waals surface area contributed by atoms with Crippen LogP contribution < -0.4 is 4.74 Å². The Morgan fingerprint density at radius 3 is 2.65 bits per heavy atom. The van der Waals surface area contributed by atoms with Gasteiger partial charge in [0.15, 0.2) is 5.82 Å². The third-order valence-corrected chi connectivity index (χ3v) is 3.70. The van der Waals surface area contributed by atoms with E-state index in [0.717, 1.165) is 55.8 Å². The van der Waals surface area contributed by atoms with Gasteiger partial charge in [-0.1, -0.05) is 26.7 Å². The highest BCUT2D eigenvalue weighted by atomic mass is 32.1. The molecule has 0 amide bonds. The molecule has 0 aliphatic heterocycles. The number of hydrogen-bond acceptors (Lipinski definition) is 4. The van der Waals surface area contributed by atoms with Gasteiger partial charge in [-0.3, -0.25) is 5.10 Å². The van der Waals surface area contributed by atoms with Crippen molar-refractivity contribution in [3.63, 3.8) is 0 Å². The zero-order chi connectivity index (χ0) is 16.5. The second-order valence-corrected chi connectivity index (χ2v) is 5.76. The lowest BCUT2D eigenvalue weighted by atomic mass is 10.2. The average Bonchev–Trinajstić information content (AvgIpc) is 2.92. The van der Waals surface area contributed by atoms with Crippen LogP contribution in [0.25, 0.3) is 0 Å². The minimum Gasteiger partial charge on any atom is -0.494 e. The lowest BCUT2D eigenvalue weighted by Gasteiger charge is -2.05. The van der Waals surface area contributed by atoms with Crippen LogP contribution in [0.15, 0.2) is 29.4 Å². The molecule has 23 heavy (non-hydrogen) atoms. The Bertz CT molecular complexity index is 673. The molecule has 1 aromatic carbocycles. The quantitative estimate of drug-likeness (QED) is 0.422. The van der Waals surface area contributed by atoms with Crippen molar-refractivity contribution < 1.29 is 4.74 Å². The summed E-state index contributed by atoms with van der Waals surface area (Å²) >= 11 is 5.23. The largest absolute Gasteiger partial charge is 0.494 e. The molecule has 0 saturated heterocycles. The van der Waals surface area contributed by atoms with E-state index in [1.54, 1.807) is 10.9 Å². The molecule has 0 saturated carbocycles. The van der Waals surface area contributed by atoms with Crippen molar-refractivity contribution in [2.45, 2.75) is 46.0 Å². The number of rotatable bonds is 9. The van der Waals surface area contributed by atoms with Crippen LogP contribution in [0.2, 0.25) is 0 Å². The Hall–Kier alpha value is -1.95. The fourth-order valence-corrected chi connectivity index (χ4v) is 2.25. The van der Waals surface area contributed by atoms with E-state index in [9.17, 15) is 0 Å². The number of aromatic amines is 1. The molecule has 5 nitrogen and oxygen atoms in total. The van der Waals surface area contributed by atoms with Crippen LogP contribution >= 0.6 is 12.2 Å². The molecule has 1 aromatic heterocycles. The van der Waals surface area contributed by atoms with Gasteiger partial charge in [0, 0.05) is 6.42 Å². The second-order valence-electron chi connectivity index (χ2n) is 5.38. The Labute approximate surface area is 142 Å². The lowest BCUT2D eigenvalue weighted by Crippen LogP contribution is -1.99. The molecule has 0 aliphatic carbocycles. The topological polar surface area (TPSA) is 55.2 Å². The van der Waals surface area contributed by atoms with Crippen LogP contribution in [0.5, 0.6) is 5.75 Å². The third kappa shape index (κ3) is 5.32. The number of nitrogens with zero attached hydrogens (tertiary/aromatic N) is 3. The zero-order valence-electron chi connectivity index (χ0n) is 13.8. The summed E-state index contributed by atoms with van der Waals surface area (Å²) in [4.78, 5) is 0. The van der Waals surface area contributed by atoms with E-state index in [2.05, 4.69) is 29.1 Å². The van der Waals surface area contributed by atoms with Crippen LogP contribution in [-0.2, 0) is 6.42 Å². The van der Waals surface area contributed by atoms with Gasteiger partial charge in [-0.2, -0.15) is 14.9 Å². The maximum absolute atomic E-state index is 5.65. The smallest absolute Gasteiger partial charge is 0.216 e. The molecule has 0 spiro atoms. The van der Waals surface area contributed by atoms with Crippen LogP contribution in [0.4, 0.5) is 0 Å². The third-order valence-electron chi connectivity index (χ3n) is 3.44. The van der Waals surface area contributed by atoms with Crippen molar-refractivity contribution in [2.75, 3.05) is 6.61 Å². The minimum absolute atomic E-state index is 0.520. The van der Waals surface area contributed by atoms with Gasteiger partial charge in [-0.25, -0.2) is 0 Å². The van der Waals surface area contributed by atoms with Crippen molar-refractivity contribution >= 4 is 18.4 Å². The Morgan fingerprint density at radius 2 is 1.96 bits per heavy atom. The standard InChI is InChI=1S/C17H24N4OS/c1-3-5-7-16-19-20-17(23)21(16)18-13-14-8-10-15(11-9-14)22-12-6-4-2/h8-11,13H,3-7,12H2,1-2H3,(H,20,23)/b18-13-. The predicted molar refractivity (Wildman–Crippen MR) is 95.9 cm³/mol. The summed E-state index contributed by atoms with van der Waals surface area (Å²) in [5.41, 5.74) is 0.998. The monoisotopic (exact) mass is 332 g/mol. The van der Waals surface area contributed by atoms with E-state index >= 15 is 0 Å². The first kappa shape index (κ1) is 17.4. The number of aryl methyl sites for hydroxylation is 1. The number of aromatic nitrogens is 3. The fraction of sp³-hybridized carbons (Fsp3) is 0.471. The van der Waals surface area contributed by atoms with Gasteiger partial charge in [0.1, 0.15) is 5.75 Å². The van der Waals surface area contributed by atoms with E-state index in [4.69, 9.17) is 17.0 Å². The minimum atomic E-state index is 0.520. The molecule has 1 heterocycles. The summed E-state index contributed by atoms with van der Waals surface area (Å²) in [6.07, 6.45) is 7.04. The molecule has 0 bridgehead atoms. The number of ether oxygens (including phenoxy) is 1. The first-order valence-corrected chi connectivity index (χ1v) is 8.59. The molecule has 124 valence electrons. The highest BCUT2D eigenvalue weighted by Gasteiger charge is 2.03. The van der Waals surface area contributed by atoms with Gasteiger partial charge in [0.05, 0.1) is 12.8 Å². The van der Waals surface area contributed by atoms with Gasteiger partial charge < -0.3 is 4.74 Å². The molecule has 1 N–H and O–H groups in total. The molecule has 0 atom stereocenters. The first-order chi connectivity index (χ1) is 11.2.